The predicted molar refractivity (Wildman–Crippen MR) is 183 cm³/mol. The zero-order chi connectivity index (χ0) is 31.1. The minimum Gasteiger partial charge on any atom is -0.463 e. The van der Waals surface area contributed by atoms with Crippen LogP contribution in [-0.4, -0.2) is 21.7 Å². The number of ether oxygens (including phenoxy) is 1. The average Bonchev–Trinajstić information content (AvgIpc) is 3.78. The number of benzene rings is 3. The summed E-state index contributed by atoms with van der Waals surface area (Å²) >= 11 is 15.3. The third-order valence-corrected chi connectivity index (χ3v) is 10.3. The lowest BCUT2D eigenvalue weighted by atomic mass is 9.97. The molecule has 0 unspecified atom stereocenters. The van der Waals surface area contributed by atoms with Crippen LogP contribution in [0.2, 0.25) is 10.0 Å². The second-order valence-corrected chi connectivity index (χ2v) is 13.2. The number of halogens is 2. The van der Waals surface area contributed by atoms with Gasteiger partial charge in [-0.25, -0.2) is 9.79 Å². The maximum Gasteiger partial charge on any atom is 0.338 e. The molecule has 3 aromatic carbocycles. The van der Waals surface area contributed by atoms with Crippen molar-refractivity contribution in [1.82, 2.24) is 9.13 Å². The highest BCUT2D eigenvalue weighted by Gasteiger charge is 2.35. The molecule has 0 spiro atoms. The van der Waals surface area contributed by atoms with Crippen molar-refractivity contribution >= 4 is 74.5 Å². The van der Waals surface area contributed by atoms with Gasteiger partial charge in [0, 0.05) is 39.6 Å². The lowest BCUT2D eigenvalue weighted by molar-refractivity contribution is -0.138. The molecule has 1 aliphatic rings. The first kappa shape index (κ1) is 29.5. The van der Waals surface area contributed by atoms with E-state index < -0.39 is 12.0 Å². The molecule has 0 N–H and O–H groups in total. The van der Waals surface area contributed by atoms with Crippen molar-refractivity contribution in [2.75, 3.05) is 6.61 Å². The standard InChI is InChI=1S/C35H25Cl2N3O3S2/c1-2-43-34(42)30-31(22-9-4-3-5-10-22)38-35-40(32(30)28-13-8-16-44-28)33(41)29(45-35)18-23-20-39(27-12-7-6-11-24(23)27)19-21-14-15-25(36)26(37)17-21/h3-18,20,32H,2,19H2,1H3/b29-18+/t32-/m1/s1. The van der Waals surface area contributed by atoms with E-state index in [9.17, 15) is 9.59 Å². The van der Waals surface area contributed by atoms with Crippen molar-refractivity contribution in [3.63, 3.8) is 0 Å². The van der Waals surface area contributed by atoms with Crippen LogP contribution in [0.3, 0.4) is 0 Å². The number of esters is 1. The molecule has 0 saturated heterocycles. The number of hydrogen-bond acceptors (Lipinski definition) is 6. The summed E-state index contributed by atoms with van der Waals surface area (Å²) in [4.78, 5) is 34.2. The summed E-state index contributed by atoms with van der Waals surface area (Å²) in [6.07, 6.45) is 3.96. The van der Waals surface area contributed by atoms with Gasteiger partial charge in [0.1, 0.15) is 6.04 Å². The molecule has 224 valence electrons. The maximum absolute atomic E-state index is 14.3. The molecule has 0 radical (unpaired) electrons. The van der Waals surface area contributed by atoms with Gasteiger partial charge in [0.25, 0.3) is 5.56 Å². The molecule has 7 rings (SSSR count). The molecular formula is C35H25Cl2N3O3S2. The van der Waals surface area contributed by atoms with Crippen LogP contribution < -0.4 is 14.9 Å². The molecule has 0 fully saturated rings. The van der Waals surface area contributed by atoms with E-state index in [4.69, 9.17) is 32.9 Å². The summed E-state index contributed by atoms with van der Waals surface area (Å²) in [5.41, 5.74) is 4.36. The Hall–Kier alpha value is -4.21. The summed E-state index contributed by atoms with van der Waals surface area (Å²) in [6.45, 7) is 2.56. The Balaban J connectivity index is 1.42. The third-order valence-electron chi connectivity index (χ3n) is 7.63. The Kier molecular flexibility index (Phi) is 8.06. The summed E-state index contributed by atoms with van der Waals surface area (Å²) in [7, 11) is 0. The number of carbonyl (C=O) groups excluding carboxylic acids is 1. The van der Waals surface area contributed by atoms with Crippen molar-refractivity contribution in [3.8, 4) is 0 Å². The molecule has 10 heteroatoms. The summed E-state index contributed by atoms with van der Waals surface area (Å²) in [5.74, 6) is -0.488. The molecule has 4 heterocycles. The summed E-state index contributed by atoms with van der Waals surface area (Å²) in [5, 5.41) is 3.97. The second-order valence-electron chi connectivity index (χ2n) is 10.4. The minimum atomic E-state index is -0.673. The minimum absolute atomic E-state index is 0.207. The van der Waals surface area contributed by atoms with Gasteiger partial charge in [-0.2, -0.15) is 0 Å². The topological polar surface area (TPSA) is 65.6 Å². The highest BCUT2D eigenvalue weighted by Crippen LogP contribution is 2.37. The Labute approximate surface area is 276 Å². The van der Waals surface area contributed by atoms with Gasteiger partial charge in [0.05, 0.1) is 32.5 Å². The summed E-state index contributed by atoms with van der Waals surface area (Å²) < 4.78 is 9.83. The van der Waals surface area contributed by atoms with Crippen molar-refractivity contribution in [2.45, 2.75) is 19.5 Å². The molecule has 6 nitrogen and oxygen atoms in total. The first-order valence-corrected chi connectivity index (χ1v) is 16.7. The van der Waals surface area contributed by atoms with Gasteiger partial charge in [0.2, 0.25) is 0 Å². The fourth-order valence-corrected chi connectivity index (χ4v) is 7.79. The van der Waals surface area contributed by atoms with Crippen LogP contribution in [0.4, 0.5) is 0 Å². The normalized spacial score (nSPS) is 14.9. The monoisotopic (exact) mass is 669 g/mol. The van der Waals surface area contributed by atoms with Crippen molar-refractivity contribution in [2.24, 2.45) is 4.99 Å². The van der Waals surface area contributed by atoms with Crippen LogP contribution >= 0.6 is 45.9 Å². The van der Waals surface area contributed by atoms with Crippen LogP contribution in [-0.2, 0) is 16.1 Å². The largest absolute Gasteiger partial charge is 0.463 e. The molecule has 3 aromatic heterocycles. The van der Waals surface area contributed by atoms with Gasteiger partial charge >= 0.3 is 5.97 Å². The van der Waals surface area contributed by atoms with E-state index in [1.807, 2.05) is 90.4 Å². The van der Waals surface area contributed by atoms with Gasteiger partial charge in [-0.3, -0.25) is 9.36 Å². The molecule has 0 saturated carbocycles. The highest BCUT2D eigenvalue weighted by molar-refractivity contribution is 7.10. The number of carbonyl (C=O) groups is 1. The van der Waals surface area contributed by atoms with E-state index in [1.165, 1.54) is 22.7 Å². The van der Waals surface area contributed by atoms with Gasteiger partial charge in [-0.05, 0) is 48.2 Å². The lowest BCUT2D eigenvalue weighted by Gasteiger charge is -2.24. The molecule has 6 aromatic rings. The van der Waals surface area contributed by atoms with Crippen LogP contribution in [0, 0.1) is 0 Å². The van der Waals surface area contributed by atoms with Gasteiger partial charge < -0.3 is 9.30 Å². The molecule has 1 atom stereocenters. The second kappa shape index (κ2) is 12.3. The Morgan fingerprint density at radius 2 is 1.80 bits per heavy atom. The number of nitrogens with zero attached hydrogens (tertiary/aromatic N) is 3. The molecule has 1 aliphatic heterocycles. The number of aromatic nitrogens is 2. The number of para-hydroxylation sites is 1. The first-order valence-electron chi connectivity index (χ1n) is 14.3. The van der Waals surface area contributed by atoms with Crippen LogP contribution in [0.15, 0.2) is 112 Å². The third kappa shape index (κ3) is 5.48. The van der Waals surface area contributed by atoms with Crippen LogP contribution in [0.5, 0.6) is 0 Å². The molecule has 0 amide bonds. The molecule has 45 heavy (non-hydrogen) atoms. The molecular weight excluding hydrogens is 645 g/mol. The van der Waals surface area contributed by atoms with E-state index in [2.05, 4.69) is 10.6 Å². The average molecular weight is 671 g/mol. The van der Waals surface area contributed by atoms with E-state index in [-0.39, 0.29) is 12.2 Å². The Bertz CT molecular complexity index is 2280. The zero-order valence-electron chi connectivity index (χ0n) is 23.9. The first-order chi connectivity index (χ1) is 21.9. The Morgan fingerprint density at radius 3 is 2.56 bits per heavy atom. The van der Waals surface area contributed by atoms with Gasteiger partial charge in [0.15, 0.2) is 4.80 Å². The van der Waals surface area contributed by atoms with E-state index >= 15 is 0 Å². The lowest BCUT2D eigenvalue weighted by Crippen LogP contribution is -2.39. The highest BCUT2D eigenvalue weighted by atomic mass is 35.5. The fourth-order valence-electron chi connectivity index (χ4n) is 5.65. The van der Waals surface area contributed by atoms with Gasteiger partial charge in [-0.1, -0.05) is 95.2 Å². The van der Waals surface area contributed by atoms with E-state index in [1.54, 1.807) is 17.6 Å². The number of rotatable bonds is 7. The molecule has 0 bridgehead atoms. The SMILES string of the molecule is CCOC(=O)C1=C(c2ccccc2)N=c2s/c(=C/c3cn(Cc4ccc(Cl)c(Cl)c4)c4ccccc34)c(=O)n2[C@@H]1c1cccs1. The number of thiophene rings is 1. The predicted octanol–water partition coefficient (Wildman–Crippen LogP) is 7.31. The van der Waals surface area contributed by atoms with E-state index in [0.717, 1.165) is 32.5 Å². The summed E-state index contributed by atoms with van der Waals surface area (Å²) in [6, 6.07) is 26.5. The Morgan fingerprint density at radius 1 is 1.00 bits per heavy atom. The smallest absolute Gasteiger partial charge is 0.338 e. The van der Waals surface area contributed by atoms with Crippen LogP contribution in [0.1, 0.15) is 34.5 Å². The van der Waals surface area contributed by atoms with Crippen molar-refractivity contribution in [3.05, 3.63) is 153 Å². The van der Waals surface area contributed by atoms with Crippen molar-refractivity contribution in [1.29, 1.82) is 0 Å². The van der Waals surface area contributed by atoms with Crippen LogP contribution in [0.25, 0.3) is 22.7 Å². The van der Waals surface area contributed by atoms with Crippen molar-refractivity contribution < 1.29 is 9.53 Å². The molecule has 0 aliphatic carbocycles. The zero-order valence-corrected chi connectivity index (χ0v) is 27.1. The fraction of sp³-hybridized carbons (Fsp3) is 0.114. The number of fused-ring (bicyclic) bond motifs is 2. The maximum atomic E-state index is 14.3. The van der Waals surface area contributed by atoms with Gasteiger partial charge in [-0.15, -0.1) is 11.3 Å². The number of hydrogen-bond donors (Lipinski definition) is 0. The van der Waals surface area contributed by atoms with E-state index in [0.29, 0.717) is 37.2 Å². The quantitative estimate of drug-likeness (QED) is 0.168. The number of thiazole rings is 1.